The Morgan fingerprint density at radius 1 is 1.04 bits per heavy atom. The quantitative estimate of drug-likeness (QED) is 0.846. The largest absolute Gasteiger partial charge is 0.468 e. The van der Waals surface area contributed by atoms with Crippen LogP contribution in [0.2, 0.25) is 0 Å². The zero-order valence-corrected chi connectivity index (χ0v) is 14.9. The summed E-state index contributed by atoms with van der Waals surface area (Å²) in [7, 11) is 0. The number of rotatable bonds is 6. The van der Waals surface area contributed by atoms with Crippen molar-refractivity contribution >= 4 is 11.9 Å². The molecule has 0 aliphatic heterocycles. The van der Waals surface area contributed by atoms with E-state index in [4.69, 9.17) is 4.42 Å². The zero-order valence-electron chi connectivity index (χ0n) is 14.9. The molecule has 0 saturated heterocycles. The average molecular weight is 343 g/mol. The number of furan rings is 1. The Morgan fingerprint density at radius 2 is 1.76 bits per heavy atom. The summed E-state index contributed by atoms with van der Waals surface area (Å²) < 4.78 is 5.38. The van der Waals surface area contributed by atoms with Gasteiger partial charge in [0.15, 0.2) is 0 Å². The standard InChI is InChI=1S/C19H25N3O3/c1-19(2,3)21-18(24)20-17(23)14-22(13-16-10-7-11-25-16)12-15-8-5-4-6-9-15/h4-11H,12-14H2,1-3H3,(H2,20,21,23,24). The summed E-state index contributed by atoms with van der Waals surface area (Å²) in [6.45, 7) is 6.72. The van der Waals surface area contributed by atoms with Crippen LogP contribution in [0.4, 0.5) is 4.79 Å². The van der Waals surface area contributed by atoms with Crippen LogP contribution in [0.5, 0.6) is 0 Å². The molecule has 0 unspecified atom stereocenters. The maximum atomic E-state index is 12.2. The lowest BCUT2D eigenvalue weighted by Crippen LogP contribution is -2.50. The Morgan fingerprint density at radius 3 is 2.36 bits per heavy atom. The van der Waals surface area contributed by atoms with Gasteiger partial charge in [-0.1, -0.05) is 30.3 Å². The lowest BCUT2D eigenvalue weighted by Gasteiger charge is -2.23. The van der Waals surface area contributed by atoms with E-state index < -0.39 is 11.6 Å². The van der Waals surface area contributed by atoms with Crippen molar-refractivity contribution in [3.05, 3.63) is 60.1 Å². The fourth-order valence-electron chi connectivity index (χ4n) is 2.37. The van der Waals surface area contributed by atoms with Crippen molar-refractivity contribution < 1.29 is 14.0 Å². The number of carbonyl (C=O) groups is 2. The van der Waals surface area contributed by atoms with Gasteiger partial charge in [0.25, 0.3) is 0 Å². The van der Waals surface area contributed by atoms with Crippen LogP contribution in [0.3, 0.4) is 0 Å². The van der Waals surface area contributed by atoms with Gasteiger partial charge in [-0.3, -0.25) is 15.0 Å². The van der Waals surface area contributed by atoms with Crippen molar-refractivity contribution in [2.45, 2.75) is 39.4 Å². The van der Waals surface area contributed by atoms with E-state index in [0.717, 1.165) is 11.3 Å². The number of hydrogen-bond donors (Lipinski definition) is 2. The van der Waals surface area contributed by atoms with E-state index >= 15 is 0 Å². The fourth-order valence-corrected chi connectivity index (χ4v) is 2.37. The van der Waals surface area contributed by atoms with E-state index in [9.17, 15) is 9.59 Å². The van der Waals surface area contributed by atoms with Gasteiger partial charge >= 0.3 is 6.03 Å². The number of benzene rings is 1. The second-order valence-corrected chi connectivity index (χ2v) is 6.96. The molecule has 0 bridgehead atoms. The number of imide groups is 1. The van der Waals surface area contributed by atoms with Crippen LogP contribution in [0, 0.1) is 0 Å². The fraction of sp³-hybridized carbons (Fsp3) is 0.368. The van der Waals surface area contributed by atoms with Gasteiger partial charge < -0.3 is 9.73 Å². The molecule has 2 rings (SSSR count). The second-order valence-electron chi connectivity index (χ2n) is 6.96. The molecular formula is C19H25N3O3. The molecule has 3 amide bonds. The minimum Gasteiger partial charge on any atom is -0.468 e. The van der Waals surface area contributed by atoms with Crippen LogP contribution in [0.15, 0.2) is 53.1 Å². The van der Waals surface area contributed by atoms with E-state index in [0.29, 0.717) is 13.1 Å². The lowest BCUT2D eigenvalue weighted by molar-refractivity contribution is -0.121. The first-order valence-electron chi connectivity index (χ1n) is 8.22. The van der Waals surface area contributed by atoms with Crippen LogP contribution < -0.4 is 10.6 Å². The lowest BCUT2D eigenvalue weighted by atomic mass is 10.1. The maximum Gasteiger partial charge on any atom is 0.321 e. The van der Waals surface area contributed by atoms with Crippen LogP contribution in [0.1, 0.15) is 32.1 Å². The molecule has 134 valence electrons. The number of amides is 3. The van der Waals surface area contributed by atoms with Crippen molar-refractivity contribution in [1.82, 2.24) is 15.5 Å². The van der Waals surface area contributed by atoms with E-state index in [1.807, 2.05) is 68.1 Å². The molecule has 6 heteroatoms. The third-order valence-corrected chi connectivity index (χ3v) is 3.32. The van der Waals surface area contributed by atoms with E-state index in [1.54, 1.807) is 6.26 Å². The Hall–Kier alpha value is -2.60. The summed E-state index contributed by atoms with van der Waals surface area (Å²) in [6.07, 6.45) is 1.60. The number of nitrogens with zero attached hydrogens (tertiary/aromatic N) is 1. The van der Waals surface area contributed by atoms with Gasteiger partial charge in [-0.25, -0.2) is 4.79 Å². The highest BCUT2D eigenvalue weighted by Gasteiger charge is 2.18. The second kappa shape index (κ2) is 8.48. The van der Waals surface area contributed by atoms with Crippen molar-refractivity contribution in [2.75, 3.05) is 6.54 Å². The molecule has 0 fully saturated rings. The maximum absolute atomic E-state index is 12.2. The summed E-state index contributed by atoms with van der Waals surface area (Å²) in [5.41, 5.74) is 0.684. The first-order valence-corrected chi connectivity index (χ1v) is 8.22. The Labute approximate surface area is 148 Å². The molecule has 0 aliphatic carbocycles. The molecule has 2 aromatic rings. The van der Waals surface area contributed by atoms with Crippen molar-refractivity contribution in [3.8, 4) is 0 Å². The highest BCUT2D eigenvalue weighted by Crippen LogP contribution is 2.10. The Kier molecular flexibility index (Phi) is 6.36. The Bertz CT molecular complexity index is 676. The number of urea groups is 1. The van der Waals surface area contributed by atoms with Gasteiger partial charge in [-0.05, 0) is 38.5 Å². The first kappa shape index (κ1) is 18.7. The molecule has 0 aliphatic rings. The van der Waals surface area contributed by atoms with Crippen molar-refractivity contribution in [3.63, 3.8) is 0 Å². The summed E-state index contributed by atoms with van der Waals surface area (Å²) in [5.74, 6) is 0.409. The first-order chi connectivity index (χ1) is 11.8. The summed E-state index contributed by atoms with van der Waals surface area (Å²) in [5, 5.41) is 5.08. The molecule has 6 nitrogen and oxygen atoms in total. The Balaban J connectivity index is 1.97. The van der Waals surface area contributed by atoms with Gasteiger partial charge in [0, 0.05) is 12.1 Å². The van der Waals surface area contributed by atoms with Gasteiger partial charge in [0.1, 0.15) is 5.76 Å². The van der Waals surface area contributed by atoms with E-state index in [-0.39, 0.29) is 12.5 Å². The molecule has 1 aromatic carbocycles. The third kappa shape index (κ3) is 7.22. The minimum absolute atomic E-state index is 0.0904. The molecule has 1 heterocycles. The molecule has 0 atom stereocenters. The number of hydrogen-bond acceptors (Lipinski definition) is 4. The van der Waals surface area contributed by atoms with Gasteiger partial charge in [0.05, 0.1) is 19.4 Å². The SMILES string of the molecule is CC(C)(C)NC(=O)NC(=O)CN(Cc1ccccc1)Cc1ccco1. The van der Waals surface area contributed by atoms with Gasteiger partial charge in [-0.15, -0.1) is 0 Å². The van der Waals surface area contributed by atoms with E-state index in [2.05, 4.69) is 10.6 Å². The molecule has 1 aromatic heterocycles. The normalized spacial score (nSPS) is 11.4. The highest BCUT2D eigenvalue weighted by atomic mass is 16.3. The molecule has 2 N–H and O–H groups in total. The highest BCUT2D eigenvalue weighted by molar-refractivity contribution is 5.95. The molecule has 0 spiro atoms. The van der Waals surface area contributed by atoms with Crippen LogP contribution in [-0.2, 0) is 17.9 Å². The molecule has 25 heavy (non-hydrogen) atoms. The van der Waals surface area contributed by atoms with Gasteiger partial charge in [-0.2, -0.15) is 0 Å². The topological polar surface area (TPSA) is 74.6 Å². The number of nitrogens with one attached hydrogen (secondary N) is 2. The van der Waals surface area contributed by atoms with Crippen LogP contribution in [0.25, 0.3) is 0 Å². The van der Waals surface area contributed by atoms with Crippen LogP contribution in [-0.4, -0.2) is 28.9 Å². The predicted molar refractivity (Wildman–Crippen MR) is 95.7 cm³/mol. The van der Waals surface area contributed by atoms with E-state index in [1.165, 1.54) is 0 Å². The molecular weight excluding hydrogens is 318 g/mol. The number of carbonyl (C=O) groups excluding carboxylic acids is 2. The zero-order chi connectivity index (χ0) is 18.3. The van der Waals surface area contributed by atoms with Crippen LogP contribution >= 0.6 is 0 Å². The third-order valence-electron chi connectivity index (χ3n) is 3.32. The summed E-state index contributed by atoms with van der Waals surface area (Å²) >= 11 is 0. The smallest absolute Gasteiger partial charge is 0.321 e. The molecule has 0 saturated carbocycles. The average Bonchev–Trinajstić information content (AvgIpc) is 2.98. The van der Waals surface area contributed by atoms with Gasteiger partial charge in [0.2, 0.25) is 5.91 Å². The molecule has 0 radical (unpaired) electrons. The minimum atomic E-state index is -0.491. The van der Waals surface area contributed by atoms with Crippen molar-refractivity contribution in [2.24, 2.45) is 0 Å². The summed E-state index contributed by atoms with van der Waals surface area (Å²) in [6, 6.07) is 13.0. The van der Waals surface area contributed by atoms with Crippen molar-refractivity contribution in [1.29, 1.82) is 0 Å². The summed E-state index contributed by atoms with van der Waals surface area (Å²) in [4.78, 5) is 26.0. The predicted octanol–water partition coefficient (Wildman–Crippen LogP) is 2.91. The monoisotopic (exact) mass is 343 g/mol.